The van der Waals surface area contributed by atoms with Crippen molar-refractivity contribution >= 4 is 21.8 Å². The Bertz CT molecular complexity index is 2480. The predicted octanol–water partition coefficient (Wildman–Crippen LogP) is 13.4. The number of pyridine rings is 1. The van der Waals surface area contributed by atoms with Gasteiger partial charge in [0.2, 0.25) is 0 Å². The van der Waals surface area contributed by atoms with E-state index >= 15 is 0 Å². The van der Waals surface area contributed by atoms with Crippen LogP contribution < -0.4 is 4.74 Å². The Balaban J connectivity index is 0.00000532. The Kier molecular flexibility index (Phi) is 11.4. The largest absolute Gasteiger partial charge is 2.00 e. The number of fused-ring (bicyclic) bond motifs is 3. The Morgan fingerprint density at radius 1 is 0.714 bits per heavy atom. The van der Waals surface area contributed by atoms with Crippen molar-refractivity contribution in [3.8, 4) is 34.1 Å². The molecule has 0 aliphatic carbocycles. The molecule has 0 saturated carbocycles. The minimum Gasteiger partial charge on any atom is -0.509 e. The quantitative estimate of drug-likeness (QED) is 0.113. The molecule has 0 atom stereocenters. The van der Waals surface area contributed by atoms with Crippen LogP contribution in [0.5, 0.6) is 11.5 Å². The summed E-state index contributed by atoms with van der Waals surface area (Å²) in [6.45, 7) is 27.3. The van der Waals surface area contributed by atoms with Gasteiger partial charge in [-0.25, -0.2) is 4.98 Å². The molecular formula is C50H56N4OPd. The Morgan fingerprint density at radius 2 is 1.39 bits per heavy atom. The van der Waals surface area contributed by atoms with E-state index in [9.17, 15) is 0 Å². The van der Waals surface area contributed by atoms with Gasteiger partial charge >= 0.3 is 20.4 Å². The molecule has 3 aromatic heterocycles. The van der Waals surface area contributed by atoms with Gasteiger partial charge in [0.05, 0.1) is 11.4 Å². The van der Waals surface area contributed by atoms with Crippen molar-refractivity contribution in [1.82, 2.24) is 19.3 Å². The first kappa shape index (κ1) is 41.1. The zero-order valence-corrected chi connectivity index (χ0v) is 36.7. The predicted molar refractivity (Wildman–Crippen MR) is 230 cm³/mol. The van der Waals surface area contributed by atoms with E-state index in [0.717, 1.165) is 51.8 Å². The first-order chi connectivity index (χ1) is 25.9. The normalized spacial score (nSPS) is 12.4. The minimum absolute atomic E-state index is 0. The van der Waals surface area contributed by atoms with E-state index in [1.54, 1.807) is 0 Å². The third kappa shape index (κ3) is 8.02. The van der Waals surface area contributed by atoms with Gasteiger partial charge in [0.15, 0.2) is 0 Å². The van der Waals surface area contributed by atoms with E-state index in [2.05, 4.69) is 171 Å². The zero-order chi connectivity index (χ0) is 39.4. The molecule has 0 radical (unpaired) electrons. The summed E-state index contributed by atoms with van der Waals surface area (Å²) >= 11 is 0. The molecule has 292 valence electrons. The van der Waals surface area contributed by atoms with Gasteiger partial charge in [-0.15, -0.1) is 35.7 Å². The number of benzene rings is 4. The summed E-state index contributed by atoms with van der Waals surface area (Å²) in [6, 6.07) is 37.3. The van der Waals surface area contributed by atoms with Gasteiger partial charge in [0, 0.05) is 34.2 Å². The summed E-state index contributed by atoms with van der Waals surface area (Å²) in [5, 5.41) is 7.64. The van der Waals surface area contributed by atoms with Crippen LogP contribution in [0, 0.1) is 12.1 Å². The Labute approximate surface area is 348 Å². The fraction of sp³-hybridized carbons (Fsp3) is 0.360. The van der Waals surface area contributed by atoms with Gasteiger partial charge in [0.1, 0.15) is 5.82 Å². The molecule has 0 amide bonds. The number of hydrogen-bond donors (Lipinski definition) is 0. The van der Waals surface area contributed by atoms with Crippen LogP contribution in [0.4, 0.5) is 0 Å². The van der Waals surface area contributed by atoms with Crippen LogP contribution in [0.1, 0.15) is 124 Å². The van der Waals surface area contributed by atoms with Crippen LogP contribution in [-0.2, 0) is 43.1 Å². The third-order valence-electron chi connectivity index (χ3n) is 10.5. The van der Waals surface area contributed by atoms with Gasteiger partial charge in [-0.05, 0) is 74.7 Å². The standard InChI is InChI=1S/C50H56N4O.Pd/c1-13-17-42-46(34-26-35(48(4,5)6)29-36(27-34)49(7,8)9)47(50(10,11)12)54(52-42)37-18-16-19-38(30-37)55-39-22-23-41-40-20-14-15-21-43(40)53(44(41)31-39)45-28-33(32(2)3)24-25-51-45;/h14-16,18-29,32H,13,17H2,1-12H3;/q-2;+2. The van der Waals surface area contributed by atoms with E-state index in [4.69, 9.17) is 14.8 Å². The topological polar surface area (TPSA) is 44.9 Å². The number of para-hydroxylation sites is 1. The monoisotopic (exact) mass is 834 g/mol. The average molecular weight is 835 g/mol. The van der Waals surface area contributed by atoms with E-state index in [-0.39, 0.29) is 36.7 Å². The maximum atomic E-state index is 6.61. The first-order valence-corrected chi connectivity index (χ1v) is 19.8. The van der Waals surface area contributed by atoms with Crippen molar-refractivity contribution in [3.05, 3.63) is 131 Å². The van der Waals surface area contributed by atoms with Gasteiger partial charge < -0.3 is 9.30 Å². The molecule has 5 nitrogen and oxygen atoms in total. The SMILES string of the molecule is CCCc1nn(-c2[c-]c(Oc3[c-]c4c(cc3)c3ccccc3n4-c3cc(C(C)C)ccn3)ccc2)c(C(C)(C)C)c1-c1cc(C(C)(C)C)cc(C(C)(C)C)c1.[Pd+2]. The molecule has 7 aromatic rings. The first-order valence-electron chi connectivity index (χ1n) is 19.8. The van der Waals surface area contributed by atoms with Gasteiger partial charge in [-0.3, -0.25) is 4.68 Å². The molecule has 0 spiro atoms. The molecule has 0 N–H and O–H groups in total. The number of aryl methyl sites for hydroxylation is 1. The number of rotatable bonds is 8. The van der Waals surface area contributed by atoms with Crippen LogP contribution in [-0.4, -0.2) is 19.3 Å². The second kappa shape index (κ2) is 15.4. The number of hydrogen-bond acceptors (Lipinski definition) is 3. The fourth-order valence-electron chi connectivity index (χ4n) is 7.51. The maximum Gasteiger partial charge on any atom is 2.00 e. The molecule has 0 unspecified atom stereocenters. The van der Waals surface area contributed by atoms with Gasteiger partial charge in [-0.1, -0.05) is 131 Å². The van der Waals surface area contributed by atoms with E-state index in [1.807, 2.05) is 24.4 Å². The average Bonchev–Trinajstić information content (AvgIpc) is 3.67. The Morgan fingerprint density at radius 3 is 2.04 bits per heavy atom. The van der Waals surface area contributed by atoms with Crippen LogP contribution in [0.15, 0.2) is 91.1 Å². The van der Waals surface area contributed by atoms with Crippen molar-refractivity contribution in [3.63, 3.8) is 0 Å². The van der Waals surface area contributed by atoms with Gasteiger partial charge in [0.25, 0.3) is 0 Å². The zero-order valence-electron chi connectivity index (χ0n) is 35.2. The molecule has 0 fully saturated rings. The molecule has 56 heavy (non-hydrogen) atoms. The van der Waals surface area contributed by atoms with Crippen molar-refractivity contribution in [1.29, 1.82) is 0 Å². The molecule has 0 saturated heterocycles. The second-order valence-corrected chi connectivity index (χ2v) is 18.4. The summed E-state index contributed by atoms with van der Waals surface area (Å²) in [4.78, 5) is 4.81. The molecule has 0 aliphatic rings. The van der Waals surface area contributed by atoms with E-state index in [1.165, 1.54) is 33.5 Å². The molecular weight excluding hydrogens is 779 g/mol. The molecule has 7 rings (SSSR count). The molecule has 0 aliphatic heterocycles. The van der Waals surface area contributed by atoms with Crippen molar-refractivity contribution in [2.75, 3.05) is 0 Å². The van der Waals surface area contributed by atoms with E-state index < -0.39 is 0 Å². The third-order valence-corrected chi connectivity index (χ3v) is 10.5. The number of nitrogens with zero attached hydrogens (tertiary/aromatic N) is 4. The smallest absolute Gasteiger partial charge is 0.509 e. The van der Waals surface area contributed by atoms with Crippen LogP contribution in [0.3, 0.4) is 0 Å². The van der Waals surface area contributed by atoms with Crippen molar-refractivity contribution < 1.29 is 25.2 Å². The number of aromatic nitrogens is 4. The summed E-state index contributed by atoms with van der Waals surface area (Å²) < 4.78 is 10.9. The van der Waals surface area contributed by atoms with Crippen LogP contribution in [0.25, 0.3) is 44.4 Å². The minimum atomic E-state index is -0.216. The van der Waals surface area contributed by atoms with Crippen molar-refractivity contribution in [2.45, 2.75) is 118 Å². The summed E-state index contributed by atoms with van der Waals surface area (Å²) in [7, 11) is 0. The van der Waals surface area contributed by atoms with Gasteiger partial charge in [-0.2, -0.15) is 17.2 Å². The summed E-state index contributed by atoms with van der Waals surface area (Å²) in [6.07, 6.45) is 3.78. The second-order valence-electron chi connectivity index (χ2n) is 18.4. The van der Waals surface area contributed by atoms with E-state index in [0.29, 0.717) is 17.4 Å². The molecule has 6 heteroatoms. The van der Waals surface area contributed by atoms with Crippen LogP contribution in [0.2, 0.25) is 0 Å². The summed E-state index contributed by atoms with van der Waals surface area (Å²) in [5.41, 5.74) is 11.3. The maximum absolute atomic E-state index is 6.61. The van der Waals surface area contributed by atoms with Crippen molar-refractivity contribution in [2.24, 2.45) is 0 Å². The number of ether oxygens (including phenoxy) is 1. The van der Waals surface area contributed by atoms with Crippen LogP contribution >= 0.6 is 0 Å². The fourth-order valence-corrected chi connectivity index (χ4v) is 7.51. The molecule has 0 bridgehead atoms. The Hall–Kier alpha value is -4.50. The molecule has 3 heterocycles. The molecule has 4 aromatic carbocycles. The summed E-state index contributed by atoms with van der Waals surface area (Å²) in [5.74, 6) is 2.48.